The van der Waals surface area contributed by atoms with Crippen LogP contribution in [-0.2, 0) is 0 Å². The van der Waals surface area contributed by atoms with Crippen molar-refractivity contribution in [2.75, 3.05) is 14.7 Å². The van der Waals surface area contributed by atoms with Crippen LogP contribution < -0.4 is 47.5 Å². The van der Waals surface area contributed by atoms with E-state index >= 15 is 0 Å². The fourth-order valence-corrected chi connectivity index (χ4v) is 16.5. The van der Waals surface area contributed by atoms with Crippen molar-refractivity contribution < 1.29 is 4.42 Å². The van der Waals surface area contributed by atoms with E-state index in [4.69, 9.17) is 4.42 Å². The molecule has 3 aromatic heterocycles. The summed E-state index contributed by atoms with van der Waals surface area (Å²) in [5, 5.41) is 7.28. The summed E-state index contributed by atoms with van der Waals surface area (Å²) in [7, 11) is 0. The van der Waals surface area contributed by atoms with Gasteiger partial charge in [-0.3, -0.25) is 0 Å². The number of para-hydroxylation sites is 8. The summed E-state index contributed by atoms with van der Waals surface area (Å²) < 4.78 is 12.2. The standard InChI is InChI=1S/C72H41B2N5OS/c1-3-18-42(19-4-1)75-59-38-44(77-55-28-12-7-22-46(55)47-23-8-13-29-56(47)77)34-36-52(59)73-54-27-17-33-64-69(54)79-70-65(81-64)40-51-50-26-11-16-32-63(50)80-72(51)68(70)74-53-37-35-45(78-57-30-14-9-24-48(57)49-25-10-15-31-58(49)78)39-60(53)76(43-20-5-2-6-21-43)62-41-61(75)66(73)71(79)67(62)74/h1-41H. The first-order valence-corrected chi connectivity index (χ1v) is 28.8. The second-order valence-corrected chi connectivity index (χ2v) is 23.4. The maximum atomic E-state index is 7.30. The molecule has 5 aliphatic heterocycles. The van der Waals surface area contributed by atoms with Crippen LogP contribution in [-0.4, -0.2) is 22.6 Å². The van der Waals surface area contributed by atoms with Crippen molar-refractivity contribution in [2.24, 2.45) is 0 Å². The Labute approximate surface area is 470 Å². The SMILES string of the molecule is c1ccc(N2c3cc(-n4c5ccccc5c5ccccc54)ccc3B3c4cccc5c4N4c6c3c2cc2c6B(c3ccc(-n6c7ccccc7c7ccccc76)cc3N2c2ccccc2)c2c4c(cc3c2oc2ccccc23)S5)cc1. The van der Waals surface area contributed by atoms with Crippen LogP contribution in [0.5, 0.6) is 0 Å². The lowest BCUT2D eigenvalue weighted by Gasteiger charge is -2.52. The van der Waals surface area contributed by atoms with Gasteiger partial charge >= 0.3 is 0 Å². The van der Waals surface area contributed by atoms with Crippen LogP contribution in [0.25, 0.3) is 76.9 Å². The molecule has 6 nitrogen and oxygen atoms in total. The molecule has 0 aliphatic carbocycles. The lowest BCUT2D eigenvalue weighted by Crippen LogP contribution is -2.69. The van der Waals surface area contributed by atoms with Gasteiger partial charge in [0.2, 0.25) is 0 Å². The van der Waals surface area contributed by atoms with Crippen molar-refractivity contribution in [3.63, 3.8) is 0 Å². The molecule has 0 N–H and O–H groups in total. The van der Waals surface area contributed by atoms with Gasteiger partial charge < -0.3 is 28.3 Å². The van der Waals surface area contributed by atoms with Crippen molar-refractivity contribution in [3.05, 3.63) is 249 Å². The lowest BCUT2D eigenvalue weighted by molar-refractivity contribution is 0.671. The number of hydrogen-bond donors (Lipinski definition) is 0. The Hall–Kier alpha value is -10.1. The second-order valence-electron chi connectivity index (χ2n) is 22.3. The average molecular weight is 1050 g/mol. The highest BCUT2D eigenvalue weighted by molar-refractivity contribution is 7.99. The largest absolute Gasteiger partial charge is 0.457 e. The minimum atomic E-state index is -0.186. The van der Waals surface area contributed by atoms with E-state index in [0.29, 0.717) is 0 Å². The molecule has 0 saturated carbocycles. The van der Waals surface area contributed by atoms with Crippen LogP contribution in [0.2, 0.25) is 0 Å². The van der Waals surface area contributed by atoms with Gasteiger partial charge in [0.15, 0.2) is 0 Å². The molecule has 0 amide bonds. The highest BCUT2D eigenvalue weighted by Crippen LogP contribution is 2.58. The summed E-state index contributed by atoms with van der Waals surface area (Å²) in [6, 6.07) is 92.9. The van der Waals surface area contributed by atoms with Crippen molar-refractivity contribution in [1.82, 2.24) is 9.13 Å². The van der Waals surface area contributed by atoms with Gasteiger partial charge in [-0.25, -0.2) is 0 Å². The van der Waals surface area contributed by atoms with Crippen molar-refractivity contribution in [3.8, 4) is 11.4 Å². The van der Waals surface area contributed by atoms with Gasteiger partial charge in [-0.05, 0) is 130 Å². The third kappa shape index (κ3) is 5.38. The summed E-state index contributed by atoms with van der Waals surface area (Å²) in [6.45, 7) is -0.258. The molecule has 0 saturated heterocycles. The average Bonchev–Trinajstić information content (AvgIpc) is 2.32. The Balaban J connectivity index is 0.943. The van der Waals surface area contributed by atoms with E-state index in [-0.39, 0.29) is 13.4 Å². The van der Waals surface area contributed by atoms with Crippen molar-refractivity contribution >= 4 is 175 Å². The quantitative estimate of drug-likeness (QED) is 0.164. The second kappa shape index (κ2) is 15.4. The van der Waals surface area contributed by atoms with E-state index in [9.17, 15) is 0 Å². The Morgan fingerprint density at radius 2 is 0.790 bits per heavy atom. The van der Waals surface area contributed by atoms with Crippen LogP contribution in [0.15, 0.2) is 263 Å². The summed E-state index contributed by atoms with van der Waals surface area (Å²) in [4.78, 5) is 10.4. The van der Waals surface area contributed by atoms with Gasteiger partial charge in [0.25, 0.3) is 13.4 Å². The zero-order valence-corrected chi connectivity index (χ0v) is 44.2. The zero-order chi connectivity index (χ0) is 52.3. The Bertz CT molecular complexity index is 5230. The smallest absolute Gasteiger partial charge is 0.257 e. The molecular weight excluding hydrogens is 1000 g/mol. The van der Waals surface area contributed by atoms with Crippen LogP contribution in [0, 0.1) is 0 Å². The van der Waals surface area contributed by atoms with Gasteiger partial charge in [-0.2, -0.15) is 0 Å². The molecule has 0 fully saturated rings. The maximum Gasteiger partial charge on any atom is 0.257 e. The van der Waals surface area contributed by atoms with Gasteiger partial charge in [-0.15, -0.1) is 0 Å². The normalized spacial score (nSPS) is 14.0. The number of aromatic nitrogens is 2. The molecule has 0 radical (unpaired) electrons. The number of furan rings is 1. The fourth-order valence-electron chi connectivity index (χ4n) is 15.3. The van der Waals surface area contributed by atoms with Crippen LogP contribution >= 0.6 is 11.8 Å². The summed E-state index contributed by atoms with van der Waals surface area (Å²) in [6.07, 6.45) is 0. The van der Waals surface area contributed by atoms with E-state index < -0.39 is 0 Å². The highest BCUT2D eigenvalue weighted by Gasteiger charge is 2.54. The lowest BCUT2D eigenvalue weighted by atomic mass is 9.28. The molecule has 0 spiro atoms. The molecule has 15 aromatic rings. The molecule has 9 heteroatoms. The molecule has 81 heavy (non-hydrogen) atoms. The predicted molar refractivity (Wildman–Crippen MR) is 340 cm³/mol. The van der Waals surface area contributed by atoms with Gasteiger partial charge in [0.1, 0.15) is 11.2 Å². The Morgan fingerprint density at radius 3 is 1.36 bits per heavy atom. The van der Waals surface area contributed by atoms with Crippen molar-refractivity contribution in [1.29, 1.82) is 0 Å². The number of fused-ring (bicyclic) bond motifs is 16. The fraction of sp³-hybridized carbons (Fsp3) is 0. The monoisotopic (exact) mass is 1050 g/mol. The summed E-state index contributed by atoms with van der Waals surface area (Å²) >= 11 is 1.92. The van der Waals surface area contributed by atoms with E-state index in [1.807, 2.05) is 11.8 Å². The molecule has 372 valence electrons. The van der Waals surface area contributed by atoms with Crippen LogP contribution in [0.4, 0.5) is 51.2 Å². The minimum absolute atomic E-state index is 0.0720. The molecule has 20 rings (SSSR count). The third-order valence-electron chi connectivity index (χ3n) is 18.4. The molecule has 0 atom stereocenters. The zero-order valence-electron chi connectivity index (χ0n) is 43.4. The molecule has 5 aliphatic rings. The first-order valence-electron chi connectivity index (χ1n) is 28.0. The molecule has 0 unspecified atom stereocenters. The van der Waals surface area contributed by atoms with E-state index in [1.165, 1.54) is 115 Å². The summed E-state index contributed by atoms with van der Waals surface area (Å²) in [5.41, 5.74) is 27.2. The highest BCUT2D eigenvalue weighted by atomic mass is 32.2. The minimum Gasteiger partial charge on any atom is -0.457 e. The number of rotatable bonds is 4. The van der Waals surface area contributed by atoms with E-state index in [2.05, 4.69) is 273 Å². The maximum absolute atomic E-state index is 7.30. The van der Waals surface area contributed by atoms with Gasteiger partial charge in [-0.1, -0.05) is 163 Å². The van der Waals surface area contributed by atoms with Crippen LogP contribution in [0.1, 0.15) is 0 Å². The number of benzene rings is 12. The van der Waals surface area contributed by atoms with Gasteiger partial charge in [0.05, 0.1) is 33.4 Å². The summed E-state index contributed by atoms with van der Waals surface area (Å²) in [5.74, 6) is 0. The number of nitrogens with zero attached hydrogens (tertiary/aromatic N) is 5. The Morgan fingerprint density at radius 1 is 0.296 bits per heavy atom. The third-order valence-corrected chi connectivity index (χ3v) is 19.5. The van der Waals surface area contributed by atoms with E-state index in [0.717, 1.165) is 56.1 Å². The topological polar surface area (TPSA) is 32.7 Å². The predicted octanol–water partition coefficient (Wildman–Crippen LogP) is 14.9. The molecule has 8 heterocycles. The number of hydrogen-bond acceptors (Lipinski definition) is 5. The molecule has 0 bridgehead atoms. The van der Waals surface area contributed by atoms with Crippen LogP contribution in [0.3, 0.4) is 0 Å². The van der Waals surface area contributed by atoms with E-state index in [1.54, 1.807) is 0 Å². The molecule has 12 aromatic carbocycles. The van der Waals surface area contributed by atoms with Crippen molar-refractivity contribution in [2.45, 2.75) is 9.79 Å². The Kier molecular flexibility index (Phi) is 8.15. The molecular formula is C72H41B2N5OS. The number of anilines is 9. The van der Waals surface area contributed by atoms with Gasteiger partial charge in [0, 0.05) is 93.3 Å². The first-order chi connectivity index (χ1) is 40.2. The first kappa shape index (κ1) is 42.9.